The number of hydrogen-bond donors (Lipinski definition) is 4. The maximum absolute atomic E-state index is 13.4. The number of β-lactam (4-membered cyclic amide) rings is 1. The van der Waals surface area contributed by atoms with Crippen molar-refractivity contribution in [3.63, 3.8) is 0 Å². The number of nitrogen functional groups attached to an aromatic ring is 1. The van der Waals surface area contributed by atoms with Gasteiger partial charge in [0.15, 0.2) is 23.2 Å². The van der Waals surface area contributed by atoms with E-state index in [2.05, 4.69) is 20.8 Å². The zero-order valence-electron chi connectivity index (χ0n) is 28.8. The van der Waals surface area contributed by atoms with Crippen LogP contribution in [0.1, 0.15) is 43.4 Å². The second-order valence-electron chi connectivity index (χ2n) is 13.2. The predicted octanol–water partition coefficient (Wildman–Crippen LogP) is 0.783. The fourth-order valence-corrected chi connectivity index (χ4v) is 8.52. The summed E-state index contributed by atoms with van der Waals surface area (Å²) in [5.74, 6) is -3.15. The number of rotatable bonds is 12. The number of allylic oxidation sites excluding steroid dienone is 1. The van der Waals surface area contributed by atoms with E-state index in [1.165, 1.54) is 30.0 Å². The first kappa shape index (κ1) is 36.6. The van der Waals surface area contributed by atoms with E-state index < -0.39 is 29.2 Å². The smallest absolute Gasteiger partial charge is 0.290 e. The molecule has 18 heteroatoms. The van der Waals surface area contributed by atoms with Gasteiger partial charge in [0.05, 0.1) is 11.7 Å². The van der Waals surface area contributed by atoms with Crippen molar-refractivity contribution in [1.29, 1.82) is 0 Å². The molecule has 7 rings (SSSR count). The van der Waals surface area contributed by atoms with Crippen LogP contribution < -0.4 is 26.0 Å². The number of thiazole rings is 1. The number of phenols is 1. The number of hydrogen-bond acceptors (Lipinski definition) is 13. The summed E-state index contributed by atoms with van der Waals surface area (Å²) in [5, 5.41) is 32.4. The number of anilines is 2. The summed E-state index contributed by atoms with van der Waals surface area (Å²) in [6.07, 6.45) is 8.87. The Balaban J connectivity index is 0.980. The van der Waals surface area contributed by atoms with Gasteiger partial charge in [-0.15, -0.1) is 23.1 Å². The summed E-state index contributed by atoms with van der Waals surface area (Å²) < 4.78 is 1.70. The van der Waals surface area contributed by atoms with Crippen molar-refractivity contribution in [2.45, 2.75) is 62.7 Å². The van der Waals surface area contributed by atoms with E-state index in [-0.39, 0.29) is 63.8 Å². The van der Waals surface area contributed by atoms with E-state index in [0.29, 0.717) is 30.8 Å². The minimum absolute atomic E-state index is 0.0604. The van der Waals surface area contributed by atoms with Crippen LogP contribution in [0.25, 0.3) is 0 Å². The Morgan fingerprint density at radius 1 is 1.13 bits per heavy atom. The molecule has 1 aromatic carbocycles. The Kier molecular flexibility index (Phi) is 10.6. The number of thioether (sulfide) groups is 1. The van der Waals surface area contributed by atoms with E-state index in [9.17, 15) is 34.2 Å². The minimum Gasteiger partial charge on any atom is -0.543 e. The molecule has 3 aromatic rings. The molecule has 2 aromatic heterocycles. The highest BCUT2D eigenvalue weighted by Crippen LogP contribution is 2.41. The van der Waals surface area contributed by atoms with E-state index in [0.717, 1.165) is 47.5 Å². The molecule has 0 radical (unpaired) electrons. The molecule has 54 heavy (non-hydrogen) atoms. The van der Waals surface area contributed by atoms with Gasteiger partial charge in [-0.1, -0.05) is 5.16 Å². The molecule has 1 aliphatic carbocycles. The topological polar surface area (TPSA) is 224 Å². The van der Waals surface area contributed by atoms with Crippen LogP contribution in [-0.2, 0) is 41.9 Å². The van der Waals surface area contributed by atoms with Crippen molar-refractivity contribution < 1.29 is 43.6 Å². The summed E-state index contributed by atoms with van der Waals surface area (Å²) in [5.41, 5.74) is 7.61. The van der Waals surface area contributed by atoms with Crippen molar-refractivity contribution in [1.82, 2.24) is 20.1 Å². The van der Waals surface area contributed by atoms with Gasteiger partial charge < -0.3 is 41.1 Å². The third-order valence-electron chi connectivity index (χ3n) is 9.42. The van der Waals surface area contributed by atoms with Gasteiger partial charge >= 0.3 is 0 Å². The SMILES string of the molecule is Nc1nc(/C(=N/OC2CCCC2)C(=O)N[C@@H]2C(=O)N3C(C(=O)[O-])=C(/C=C4\CCN(Cc5cc[n+](CC(=O)Nc6ccc(O)cc6)cc5)C4=O)CS[C@H]23)cs1. The number of carbonyl (C=O) groups is 5. The lowest BCUT2D eigenvalue weighted by atomic mass is 10.0. The number of aliphatic carboxylic acids is 1. The molecule has 2 atom stereocenters. The van der Waals surface area contributed by atoms with E-state index in [1.54, 1.807) is 39.4 Å². The Hall–Kier alpha value is -5.75. The Morgan fingerprint density at radius 2 is 1.87 bits per heavy atom. The number of nitrogens with one attached hydrogen (secondary N) is 2. The normalized spacial score (nSPS) is 21.0. The van der Waals surface area contributed by atoms with Crippen LogP contribution in [0.3, 0.4) is 0 Å². The molecule has 0 unspecified atom stereocenters. The molecule has 280 valence electrons. The highest BCUT2D eigenvalue weighted by Gasteiger charge is 2.53. The molecule has 5 N–H and O–H groups in total. The molecule has 4 aliphatic rings. The van der Waals surface area contributed by atoms with Crippen molar-refractivity contribution in [2.75, 3.05) is 23.3 Å². The Bertz CT molecular complexity index is 2080. The quantitative estimate of drug-likeness (QED) is 0.0503. The maximum Gasteiger partial charge on any atom is 0.290 e. The first-order valence-electron chi connectivity index (χ1n) is 17.3. The van der Waals surface area contributed by atoms with Crippen molar-refractivity contribution in [3.05, 3.63) is 88.3 Å². The molecule has 4 amide bonds. The second kappa shape index (κ2) is 15.7. The average Bonchev–Trinajstić information content (AvgIpc) is 3.91. The number of benzene rings is 1. The monoisotopic (exact) mass is 772 g/mol. The van der Waals surface area contributed by atoms with Crippen LogP contribution in [0, 0.1) is 0 Å². The van der Waals surface area contributed by atoms with Gasteiger partial charge in [0, 0.05) is 47.6 Å². The number of phenolic OH excluding ortho intramolecular Hbond substituents is 1. The number of pyridine rings is 1. The van der Waals surface area contributed by atoms with Crippen LogP contribution >= 0.6 is 23.1 Å². The van der Waals surface area contributed by atoms with Crippen LogP contribution in [0.5, 0.6) is 5.75 Å². The number of aromatic hydroxyl groups is 1. The lowest BCUT2D eigenvalue weighted by Gasteiger charge is -2.50. The highest BCUT2D eigenvalue weighted by molar-refractivity contribution is 8.00. The number of likely N-dealkylation sites (tertiary alicyclic amines) is 1. The standard InChI is InChI=1S/C36H36N8O8S2/c37-36-39-26(19-54-36)28(41-52-25-3-1-2-4-25)31(47)40-29-33(49)44-30(35(50)51)22(18-53-34(29)44)15-21-11-14-43(32(21)48)16-20-9-12-42(13-10-20)17-27(46)38-23-5-7-24(45)8-6-23/h5-10,12-13,15,19,25,29,34H,1-4,11,14,16-18H2,(H5-,37,38,39,40,41,45,46,47,50,51)/b21-15+/t29-,34-/m1/s1. The predicted molar refractivity (Wildman–Crippen MR) is 195 cm³/mol. The summed E-state index contributed by atoms with van der Waals surface area (Å²) in [6.45, 7) is 0.773. The summed E-state index contributed by atoms with van der Waals surface area (Å²) in [6, 6.07) is 8.74. The molecule has 3 fully saturated rings. The Labute approximate surface area is 317 Å². The lowest BCUT2D eigenvalue weighted by Crippen LogP contribution is -2.71. The molecule has 0 bridgehead atoms. The zero-order chi connectivity index (χ0) is 37.9. The van der Waals surface area contributed by atoms with Gasteiger partial charge in [0.2, 0.25) is 12.5 Å². The van der Waals surface area contributed by atoms with Crippen molar-refractivity contribution in [3.8, 4) is 5.75 Å². The fraction of sp³-hybridized carbons (Fsp3) is 0.333. The van der Waals surface area contributed by atoms with Gasteiger partial charge in [0.1, 0.15) is 29.0 Å². The minimum atomic E-state index is -1.56. The van der Waals surface area contributed by atoms with Gasteiger partial charge in [-0.2, -0.15) is 4.57 Å². The molecule has 3 aliphatic heterocycles. The van der Waals surface area contributed by atoms with Crippen molar-refractivity contribution in [2.24, 2.45) is 5.16 Å². The summed E-state index contributed by atoms with van der Waals surface area (Å²) in [4.78, 5) is 77.6. The zero-order valence-corrected chi connectivity index (χ0v) is 30.4. The van der Waals surface area contributed by atoms with Gasteiger partial charge in [-0.05, 0) is 73.6 Å². The molecule has 0 spiro atoms. The Morgan fingerprint density at radius 3 is 2.56 bits per heavy atom. The van der Waals surface area contributed by atoms with Crippen LogP contribution in [0.4, 0.5) is 10.8 Å². The first-order valence-corrected chi connectivity index (χ1v) is 19.2. The largest absolute Gasteiger partial charge is 0.543 e. The first-order chi connectivity index (χ1) is 26.0. The molecule has 2 saturated heterocycles. The molecule has 16 nitrogen and oxygen atoms in total. The van der Waals surface area contributed by atoms with Gasteiger partial charge in [0.25, 0.3) is 17.7 Å². The van der Waals surface area contributed by atoms with Crippen LogP contribution in [-0.4, -0.2) is 85.0 Å². The number of nitrogens with two attached hydrogens (primary N) is 1. The van der Waals surface area contributed by atoms with Crippen LogP contribution in [0.15, 0.2) is 82.2 Å². The highest BCUT2D eigenvalue weighted by atomic mass is 32.2. The van der Waals surface area contributed by atoms with E-state index in [1.807, 2.05) is 12.1 Å². The number of aromatic nitrogens is 2. The number of oxime groups is 1. The van der Waals surface area contributed by atoms with Gasteiger partial charge in [-0.25, -0.2) is 4.98 Å². The number of carboxylic acid groups (broad SMARTS) is 1. The molecule has 1 saturated carbocycles. The number of amides is 4. The second-order valence-corrected chi connectivity index (χ2v) is 15.2. The lowest BCUT2D eigenvalue weighted by molar-refractivity contribution is -0.684. The number of carboxylic acids is 1. The van der Waals surface area contributed by atoms with Crippen LogP contribution in [0.2, 0.25) is 0 Å². The average molecular weight is 773 g/mol. The van der Waals surface area contributed by atoms with E-state index in [4.69, 9.17) is 10.6 Å². The fourth-order valence-electron chi connectivity index (χ4n) is 6.67. The number of carbonyl (C=O) groups excluding carboxylic acids is 5. The molecule has 5 heterocycles. The number of fused-ring (bicyclic) bond motifs is 1. The molecular weight excluding hydrogens is 737 g/mol. The summed E-state index contributed by atoms with van der Waals surface area (Å²) >= 11 is 2.39. The molecular formula is C36H36N8O8S2. The maximum atomic E-state index is 13.4. The van der Waals surface area contributed by atoms with E-state index >= 15 is 0 Å². The third kappa shape index (κ3) is 7.93. The van der Waals surface area contributed by atoms with Crippen molar-refractivity contribution >= 4 is 69.2 Å². The van der Waals surface area contributed by atoms with Gasteiger partial charge in [-0.3, -0.25) is 24.1 Å². The summed E-state index contributed by atoms with van der Waals surface area (Å²) in [7, 11) is 0. The number of nitrogens with zero attached hydrogens (tertiary/aromatic N) is 5. The third-order valence-corrected chi connectivity index (χ3v) is 11.4.